The lowest BCUT2D eigenvalue weighted by Crippen LogP contribution is -2.25. The van der Waals surface area contributed by atoms with Gasteiger partial charge in [0.15, 0.2) is 0 Å². The van der Waals surface area contributed by atoms with Crippen LogP contribution in [0.2, 0.25) is 0 Å². The van der Waals surface area contributed by atoms with Gasteiger partial charge in [-0.05, 0) is 332 Å². The molecule has 4 aliphatic carbocycles. The standard InChI is InChI=1S/C23H31N3O2.C23H33N3O.C22H31N3O2.C21H29N3O/c1-16-12-20(26-23(24)13-16)14-18-7-5-9-22(18)28-17(2)6-4-8-19-15-21(27-3)10-11-25-19;1-16-10-11-25-20(12-16)8-4-6-18(3)27-22-9-5-7-19(22)15-21-13-17(2)14-23(24)26-21;1-16-12-19(25-22(23)13-16)14-17-6-5-8-21(17)27-11-4-3-7-18-15-20(26-2)9-10-24-18;1-16-13-19(24-21(22)14-16)15-17-7-6-10-20(17)25-12-5-3-9-18-8-2-4-11-23-18/h4,8,10-13,15,17-18,22H,5-7,9,14H2,1-3H3,(H2,24,26);10-14,18-19,22H,4-9,15H2,1-3H3,(H2,24,26);9-10,12-13,15,17,21H,3-8,11,14H2,1-2H3,(H2,23,25);2,4,8,11,13-14,17,20H,3,5-7,9-10,12,15H2,1H3,(H2,22,24)/b8-4+;;;/t17?,18-,22-;18?,19-,22-;17-,21-;17-,20-/m0000/s1. The SMILES string of the molecule is COc1ccnc(/C=C/CC(C)O[C@H]2CCC[C@H]2Cc2cc(C)cc(N)n2)c1.COc1ccnc(CCCCO[C@H]2CCC[C@H]2Cc2cc(C)cc(N)n2)c1.Cc1cc(N)nc(C[C@@H]2CCC[C@@H]2OCCCCc2ccccn2)c1.Cc1ccnc(CCCC(C)O[C@H]2CCC[C@H]2Cc2cc(C)cc(N)n2)c1. The van der Waals surface area contributed by atoms with Crippen molar-refractivity contribution in [3.05, 3.63) is 207 Å². The predicted molar refractivity (Wildman–Crippen MR) is 433 cm³/mol. The van der Waals surface area contributed by atoms with Crippen LogP contribution in [0.3, 0.4) is 0 Å². The number of aryl methyl sites for hydroxylation is 8. The van der Waals surface area contributed by atoms with Crippen LogP contribution in [0, 0.1) is 58.3 Å². The van der Waals surface area contributed by atoms with Gasteiger partial charge in [0.25, 0.3) is 0 Å². The van der Waals surface area contributed by atoms with Gasteiger partial charge in [0, 0.05) is 90.0 Å². The van der Waals surface area contributed by atoms with Gasteiger partial charge in [0.05, 0.1) is 56.5 Å². The van der Waals surface area contributed by atoms with Crippen LogP contribution in [0.4, 0.5) is 23.3 Å². The van der Waals surface area contributed by atoms with Crippen molar-refractivity contribution < 1.29 is 28.4 Å². The Morgan fingerprint density at radius 1 is 0.393 bits per heavy atom. The molecule has 107 heavy (non-hydrogen) atoms. The maximum absolute atomic E-state index is 6.44. The van der Waals surface area contributed by atoms with Crippen molar-refractivity contribution in [1.82, 2.24) is 39.9 Å². The van der Waals surface area contributed by atoms with Crippen LogP contribution >= 0.6 is 0 Å². The molecule has 0 aliphatic heterocycles. The van der Waals surface area contributed by atoms with Crippen LogP contribution in [-0.4, -0.2) is 104 Å². The highest BCUT2D eigenvalue weighted by molar-refractivity contribution is 5.47. The average Bonchev–Trinajstić information content (AvgIpc) is 1.78. The number of hydrogen-bond acceptors (Lipinski definition) is 18. The quantitative estimate of drug-likeness (QED) is 0.0279. The third-order valence-corrected chi connectivity index (χ3v) is 21.1. The Labute approximate surface area is 639 Å². The normalized spacial score (nSPS) is 20.2. The zero-order valence-corrected chi connectivity index (χ0v) is 65.7. The van der Waals surface area contributed by atoms with E-state index in [0.29, 0.717) is 71.4 Å². The van der Waals surface area contributed by atoms with Gasteiger partial charge < -0.3 is 51.4 Å². The second kappa shape index (κ2) is 44.2. The summed E-state index contributed by atoms with van der Waals surface area (Å²) in [6, 6.07) is 34.3. The first-order chi connectivity index (χ1) is 51.9. The zero-order chi connectivity index (χ0) is 75.7. The second-order valence-electron chi connectivity index (χ2n) is 30.5. The van der Waals surface area contributed by atoms with Gasteiger partial charge in [-0.15, -0.1) is 0 Å². The van der Waals surface area contributed by atoms with Crippen molar-refractivity contribution in [3.8, 4) is 11.5 Å². The van der Waals surface area contributed by atoms with Gasteiger partial charge in [-0.2, -0.15) is 0 Å². The Hall–Kier alpha value is -8.42. The highest BCUT2D eigenvalue weighted by Gasteiger charge is 2.33. The molecule has 0 amide bonds. The molecule has 0 spiro atoms. The van der Waals surface area contributed by atoms with Crippen LogP contribution in [0.15, 0.2) is 134 Å². The molecule has 0 saturated heterocycles. The van der Waals surface area contributed by atoms with E-state index in [1.807, 2.05) is 85.2 Å². The van der Waals surface area contributed by atoms with Gasteiger partial charge in [-0.25, -0.2) is 19.9 Å². The summed E-state index contributed by atoms with van der Waals surface area (Å²) in [5, 5.41) is 0. The molecule has 8 heterocycles. The molecule has 10 atom stereocenters. The van der Waals surface area contributed by atoms with Gasteiger partial charge in [0.1, 0.15) is 34.8 Å². The van der Waals surface area contributed by atoms with Crippen LogP contribution < -0.4 is 32.4 Å². The van der Waals surface area contributed by atoms with Crippen molar-refractivity contribution in [2.45, 2.75) is 252 Å². The molecule has 8 N–H and O–H groups in total. The molecule has 0 bridgehead atoms. The molecule has 4 saturated carbocycles. The number of pyridine rings is 8. The number of unbranched alkanes of at least 4 members (excludes halogenated alkanes) is 2. The minimum Gasteiger partial charge on any atom is -0.497 e. The molecular weight excluding hydrogens is 1330 g/mol. The average molecular weight is 1460 g/mol. The number of nitrogens with zero attached hydrogens (tertiary/aromatic N) is 8. The number of hydrogen-bond donors (Lipinski definition) is 4. The van der Waals surface area contributed by atoms with Gasteiger partial charge >= 0.3 is 0 Å². The van der Waals surface area contributed by atoms with Crippen molar-refractivity contribution in [2.24, 2.45) is 23.7 Å². The lowest BCUT2D eigenvalue weighted by Gasteiger charge is -2.24. The molecule has 8 aromatic rings. The van der Waals surface area contributed by atoms with Crippen molar-refractivity contribution in [3.63, 3.8) is 0 Å². The predicted octanol–water partition coefficient (Wildman–Crippen LogP) is 17.7. The van der Waals surface area contributed by atoms with Crippen molar-refractivity contribution in [1.29, 1.82) is 0 Å². The third-order valence-electron chi connectivity index (χ3n) is 21.1. The Morgan fingerprint density at radius 3 is 1.25 bits per heavy atom. The van der Waals surface area contributed by atoms with Crippen LogP contribution in [0.5, 0.6) is 11.5 Å². The minimum absolute atomic E-state index is 0.169. The molecule has 4 aliphatic rings. The van der Waals surface area contributed by atoms with E-state index >= 15 is 0 Å². The molecule has 4 fully saturated rings. The third kappa shape index (κ3) is 29.6. The summed E-state index contributed by atoms with van der Waals surface area (Å²) < 4.78 is 35.7. The van der Waals surface area contributed by atoms with Crippen LogP contribution in [-0.2, 0) is 63.9 Å². The summed E-state index contributed by atoms with van der Waals surface area (Å²) in [7, 11) is 3.35. The van der Waals surface area contributed by atoms with Gasteiger partial charge in [-0.3, -0.25) is 19.9 Å². The van der Waals surface area contributed by atoms with Crippen LogP contribution in [0.1, 0.15) is 209 Å². The molecular formula is C89H124N12O6. The maximum Gasteiger partial charge on any atom is 0.123 e. The smallest absolute Gasteiger partial charge is 0.123 e. The first-order valence-corrected chi connectivity index (χ1v) is 39.8. The summed E-state index contributed by atoms with van der Waals surface area (Å²) in [6.45, 7) is 16.4. The molecule has 8 aromatic heterocycles. The van der Waals surface area contributed by atoms with Crippen molar-refractivity contribution in [2.75, 3.05) is 50.4 Å². The van der Waals surface area contributed by atoms with Gasteiger partial charge in [0.2, 0.25) is 0 Å². The number of ether oxygens (including phenoxy) is 6. The van der Waals surface area contributed by atoms with Gasteiger partial charge in [-0.1, -0.05) is 37.8 Å². The number of rotatable bonds is 33. The maximum atomic E-state index is 6.44. The van der Waals surface area contributed by atoms with Crippen LogP contribution in [0.25, 0.3) is 6.08 Å². The summed E-state index contributed by atoms with van der Waals surface area (Å²) in [4.78, 5) is 35.6. The molecule has 2 unspecified atom stereocenters. The number of methoxy groups -OCH3 is 2. The lowest BCUT2D eigenvalue weighted by molar-refractivity contribution is -0.0263. The summed E-state index contributed by atoms with van der Waals surface area (Å²) in [5.74, 6) is 6.36. The Balaban J connectivity index is 0.000000165. The topological polar surface area (TPSA) is 263 Å². The zero-order valence-electron chi connectivity index (χ0n) is 65.7. The minimum atomic E-state index is 0.169. The fourth-order valence-electron chi connectivity index (χ4n) is 15.9. The fraction of sp³-hybridized carbons (Fsp3) is 0.528. The summed E-state index contributed by atoms with van der Waals surface area (Å²) in [6.07, 6.45) is 42.0. The second-order valence-corrected chi connectivity index (χ2v) is 30.5. The summed E-state index contributed by atoms with van der Waals surface area (Å²) >= 11 is 0. The highest BCUT2D eigenvalue weighted by atomic mass is 16.5. The number of nitrogen functional groups attached to an aromatic ring is 4. The number of anilines is 4. The van der Waals surface area contributed by atoms with E-state index < -0.39 is 0 Å². The number of aromatic nitrogens is 8. The monoisotopic (exact) mass is 1460 g/mol. The Morgan fingerprint density at radius 2 is 0.794 bits per heavy atom. The van der Waals surface area contributed by atoms with E-state index in [9.17, 15) is 0 Å². The number of nitrogens with two attached hydrogens (primary N) is 4. The molecule has 12 rings (SSSR count). The molecule has 18 heteroatoms. The highest BCUT2D eigenvalue weighted by Crippen LogP contribution is 2.36. The van der Waals surface area contributed by atoms with E-state index in [4.69, 9.17) is 51.4 Å². The van der Waals surface area contributed by atoms with E-state index in [2.05, 4.69) is 131 Å². The lowest BCUT2D eigenvalue weighted by atomic mass is 9.98. The van der Waals surface area contributed by atoms with E-state index in [1.165, 1.54) is 97.0 Å². The molecule has 0 radical (unpaired) electrons. The Kier molecular flexibility index (Phi) is 34.1. The van der Waals surface area contributed by atoms with E-state index in [1.54, 1.807) is 26.6 Å². The fourth-order valence-corrected chi connectivity index (χ4v) is 15.9. The molecule has 18 nitrogen and oxygen atoms in total. The van der Waals surface area contributed by atoms with Crippen molar-refractivity contribution >= 4 is 29.3 Å². The first kappa shape index (κ1) is 82.6. The largest absolute Gasteiger partial charge is 0.497 e. The molecule has 576 valence electrons. The van der Waals surface area contributed by atoms with E-state index in [-0.39, 0.29) is 12.2 Å². The Bertz CT molecular complexity index is 3870. The van der Waals surface area contributed by atoms with E-state index in [0.717, 1.165) is 168 Å². The summed E-state index contributed by atoms with van der Waals surface area (Å²) in [5.41, 5.74) is 38.3. The first-order valence-electron chi connectivity index (χ1n) is 39.8. The molecule has 0 aromatic carbocycles.